The van der Waals surface area contributed by atoms with Crippen molar-refractivity contribution in [1.82, 2.24) is 0 Å². The van der Waals surface area contributed by atoms with E-state index in [1.807, 2.05) is 0 Å². The fraction of sp³-hybridized carbons (Fsp3) is 1.00. The predicted octanol–water partition coefficient (Wildman–Crippen LogP) is -0.882. The molecule has 4 unspecified atom stereocenters. The molecule has 0 aromatic carbocycles. The lowest BCUT2D eigenvalue weighted by molar-refractivity contribution is -0.0178. The SMILES string of the molecule is OCC1OCCC1C1OCOC1CO. The fourth-order valence-corrected chi connectivity index (χ4v) is 2.19. The summed E-state index contributed by atoms with van der Waals surface area (Å²) in [6, 6.07) is 0. The van der Waals surface area contributed by atoms with Gasteiger partial charge < -0.3 is 24.4 Å². The Balaban J connectivity index is 1.98. The van der Waals surface area contributed by atoms with Crippen molar-refractivity contribution in [3.05, 3.63) is 0 Å². The lowest BCUT2D eigenvalue weighted by Gasteiger charge is -2.24. The average molecular weight is 204 g/mol. The van der Waals surface area contributed by atoms with Gasteiger partial charge in [-0.3, -0.25) is 0 Å². The van der Waals surface area contributed by atoms with Gasteiger partial charge in [-0.25, -0.2) is 0 Å². The third-order valence-electron chi connectivity index (χ3n) is 2.95. The monoisotopic (exact) mass is 204 g/mol. The molecule has 4 atom stereocenters. The van der Waals surface area contributed by atoms with Gasteiger partial charge >= 0.3 is 0 Å². The van der Waals surface area contributed by atoms with E-state index in [-0.39, 0.29) is 44.2 Å². The number of rotatable bonds is 3. The Kier molecular flexibility index (Phi) is 3.35. The maximum atomic E-state index is 9.07. The highest BCUT2D eigenvalue weighted by Crippen LogP contribution is 2.31. The Morgan fingerprint density at radius 2 is 1.79 bits per heavy atom. The zero-order chi connectivity index (χ0) is 9.97. The molecule has 0 bridgehead atoms. The van der Waals surface area contributed by atoms with Crippen molar-refractivity contribution < 1.29 is 24.4 Å². The summed E-state index contributed by atoms with van der Waals surface area (Å²) in [5.41, 5.74) is 0. The van der Waals surface area contributed by atoms with E-state index >= 15 is 0 Å². The molecule has 0 radical (unpaired) electrons. The van der Waals surface area contributed by atoms with Crippen LogP contribution in [0.1, 0.15) is 6.42 Å². The Bertz CT molecular complexity index is 166. The number of ether oxygens (including phenoxy) is 3. The number of aliphatic hydroxyl groups is 2. The van der Waals surface area contributed by atoms with Crippen molar-refractivity contribution in [3.8, 4) is 0 Å². The molecule has 0 aliphatic carbocycles. The summed E-state index contributed by atoms with van der Waals surface area (Å²) in [6.07, 6.45) is 0.279. The van der Waals surface area contributed by atoms with Crippen molar-refractivity contribution in [1.29, 1.82) is 0 Å². The topological polar surface area (TPSA) is 68.2 Å². The van der Waals surface area contributed by atoms with Crippen LogP contribution in [0.4, 0.5) is 0 Å². The standard InChI is InChI=1S/C9H16O5/c10-3-7-6(1-2-12-7)9-8(4-11)13-5-14-9/h6-11H,1-5H2. The molecule has 2 rings (SSSR count). The fourth-order valence-electron chi connectivity index (χ4n) is 2.19. The minimum Gasteiger partial charge on any atom is -0.394 e. The maximum Gasteiger partial charge on any atom is 0.147 e. The highest BCUT2D eigenvalue weighted by molar-refractivity contribution is 4.88. The first-order valence-electron chi connectivity index (χ1n) is 4.93. The Morgan fingerprint density at radius 3 is 2.50 bits per heavy atom. The van der Waals surface area contributed by atoms with E-state index in [0.717, 1.165) is 6.42 Å². The molecule has 0 aromatic heterocycles. The van der Waals surface area contributed by atoms with Gasteiger partial charge in [0.05, 0.1) is 25.4 Å². The molecule has 2 aliphatic rings. The highest BCUT2D eigenvalue weighted by atomic mass is 16.7. The smallest absolute Gasteiger partial charge is 0.147 e. The lowest BCUT2D eigenvalue weighted by atomic mass is 9.92. The van der Waals surface area contributed by atoms with Crippen LogP contribution >= 0.6 is 0 Å². The van der Waals surface area contributed by atoms with Crippen molar-refractivity contribution >= 4 is 0 Å². The first-order valence-corrected chi connectivity index (χ1v) is 4.93. The third kappa shape index (κ3) is 1.78. The van der Waals surface area contributed by atoms with E-state index in [9.17, 15) is 0 Å². The molecule has 5 nitrogen and oxygen atoms in total. The Morgan fingerprint density at radius 1 is 1.00 bits per heavy atom. The zero-order valence-corrected chi connectivity index (χ0v) is 7.96. The summed E-state index contributed by atoms with van der Waals surface area (Å²) in [6.45, 7) is 0.834. The summed E-state index contributed by atoms with van der Waals surface area (Å²) < 4.78 is 16.0. The largest absolute Gasteiger partial charge is 0.394 e. The molecule has 14 heavy (non-hydrogen) atoms. The summed E-state index contributed by atoms with van der Waals surface area (Å²) in [4.78, 5) is 0. The second-order valence-corrected chi connectivity index (χ2v) is 3.68. The molecule has 2 heterocycles. The van der Waals surface area contributed by atoms with E-state index in [1.54, 1.807) is 0 Å². The van der Waals surface area contributed by atoms with Crippen LogP contribution in [0.5, 0.6) is 0 Å². The minimum atomic E-state index is -0.268. The van der Waals surface area contributed by atoms with Crippen molar-refractivity contribution in [3.63, 3.8) is 0 Å². The van der Waals surface area contributed by atoms with Gasteiger partial charge in [0.2, 0.25) is 0 Å². The van der Waals surface area contributed by atoms with Crippen LogP contribution in [0.15, 0.2) is 0 Å². The Labute approximate surface area is 82.6 Å². The summed E-state index contributed by atoms with van der Waals surface area (Å²) in [7, 11) is 0. The zero-order valence-electron chi connectivity index (χ0n) is 7.96. The predicted molar refractivity (Wildman–Crippen MR) is 46.6 cm³/mol. The molecular weight excluding hydrogens is 188 g/mol. The van der Waals surface area contributed by atoms with Gasteiger partial charge in [-0.15, -0.1) is 0 Å². The normalized spacial score (nSPS) is 43.3. The molecule has 2 N–H and O–H groups in total. The molecule has 5 heteroatoms. The van der Waals surface area contributed by atoms with Gasteiger partial charge in [0.25, 0.3) is 0 Å². The van der Waals surface area contributed by atoms with E-state index in [4.69, 9.17) is 24.4 Å². The van der Waals surface area contributed by atoms with E-state index in [1.165, 1.54) is 0 Å². The van der Waals surface area contributed by atoms with Gasteiger partial charge in [-0.05, 0) is 6.42 Å². The van der Waals surface area contributed by atoms with Crippen molar-refractivity contribution in [2.45, 2.75) is 24.7 Å². The molecular formula is C9H16O5. The minimum absolute atomic E-state index is 0.00265. The van der Waals surface area contributed by atoms with Crippen molar-refractivity contribution in [2.24, 2.45) is 5.92 Å². The highest BCUT2D eigenvalue weighted by Gasteiger charge is 2.42. The van der Waals surface area contributed by atoms with Crippen LogP contribution < -0.4 is 0 Å². The van der Waals surface area contributed by atoms with Crippen LogP contribution in [0.25, 0.3) is 0 Å². The number of aliphatic hydroxyl groups excluding tert-OH is 2. The van der Waals surface area contributed by atoms with Gasteiger partial charge in [0.1, 0.15) is 12.9 Å². The van der Waals surface area contributed by atoms with Crippen LogP contribution in [0.2, 0.25) is 0 Å². The van der Waals surface area contributed by atoms with Gasteiger partial charge in [0.15, 0.2) is 0 Å². The number of hydrogen-bond donors (Lipinski definition) is 2. The van der Waals surface area contributed by atoms with Gasteiger partial charge in [-0.2, -0.15) is 0 Å². The van der Waals surface area contributed by atoms with Gasteiger partial charge in [-0.1, -0.05) is 0 Å². The van der Waals surface area contributed by atoms with Crippen LogP contribution in [-0.2, 0) is 14.2 Å². The molecule has 0 spiro atoms. The molecule has 0 amide bonds. The molecule has 2 saturated heterocycles. The van der Waals surface area contributed by atoms with Crippen molar-refractivity contribution in [2.75, 3.05) is 26.6 Å². The Hall–Kier alpha value is -0.200. The summed E-state index contributed by atoms with van der Waals surface area (Å²) in [5.74, 6) is 0.139. The average Bonchev–Trinajstić information content (AvgIpc) is 2.85. The van der Waals surface area contributed by atoms with Crippen LogP contribution in [0, 0.1) is 5.92 Å². The molecule has 2 aliphatic heterocycles. The quantitative estimate of drug-likeness (QED) is 0.624. The first-order chi connectivity index (χ1) is 6.86. The van der Waals surface area contributed by atoms with E-state index in [0.29, 0.717) is 6.61 Å². The van der Waals surface area contributed by atoms with E-state index in [2.05, 4.69) is 0 Å². The van der Waals surface area contributed by atoms with E-state index < -0.39 is 0 Å². The van der Waals surface area contributed by atoms with Gasteiger partial charge in [0, 0.05) is 12.5 Å². The second-order valence-electron chi connectivity index (χ2n) is 3.68. The molecule has 0 aromatic rings. The lowest BCUT2D eigenvalue weighted by Crippen LogP contribution is -2.38. The van der Waals surface area contributed by atoms with Crippen LogP contribution in [0.3, 0.4) is 0 Å². The molecule has 0 saturated carbocycles. The number of hydrogen-bond acceptors (Lipinski definition) is 5. The third-order valence-corrected chi connectivity index (χ3v) is 2.95. The first kappa shape index (κ1) is 10.3. The molecule has 2 fully saturated rings. The maximum absolute atomic E-state index is 9.07. The van der Waals surface area contributed by atoms with Crippen LogP contribution in [-0.4, -0.2) is 55.1 Å². The second kappa shape index (κ2) is 4.55. The molecule has 82 valence electrons. The summed E-state index contributed by atoms with van der Waals surface area (Å²) >= 11 is 0. The summed E-state index contributed by atoms with van der Waals surface area (Å²) in [5, 5.41) is 18.1.